The van der Waals surface area contributed by atoms with Crippen LogP contribution in [0.4, 0.5) is 4.39 Å². The van der Waals surface area contributed by atoms with Crippen LogP contribution in [-0.2, 0) is 11.8 Å². The molecule has 0 radical (unpaired) electrons. The van der Waals surface area contributed by atoms with E-state index in [0.29, 0.717) is 6.42 Å². The molecule has 1 atom stereocenters. The summed E-state index contributed by atoms with van der Waals surface area (Å²) in [5.74, 6) is -0.219. The zero-order valence-corrected chi connectivity index (χ0v) is 13.3. The molecular weight excluding hydrogens is 261 g/mol. The Bertz CT molecular complexity index is 588. The summed E-state index contributed by atoms with van der Waals surface area (Å²) in [4.78, 5) is 0. The van der Waals surface area contributed by atoms with Crippen molar-refractivity contribution in [2.45, 2.75) is 45.6 Å². The molecule has 0 saturated carbocycles. The van der Waals surface area contributed by atoms with Gasteiger partial charge < -0.3 is 5.73 Å². The van der Waals surface area contributed by atoms with Gasteiger partial charge in [0.1, 0.15) is 5.82 Å². The molecule has 21 heavy (non-hydrogen) atoms. The van der Waals surface area contributed by atoms with Crippen LogP contribution in [-0.4, -0.2) is 0 Å². The Morgan fingerprint density at radius 3 is 2.19 bits per heavy atom. The van der Waals surface area contributed by atoms with Gasteiger partial charge >= 0.3 is 0 Å². The van der Waals surface area contributed by atoms with Gasteiger partial charge in [0.05, 0.1) is 0 Å². The summed E-state index contributed by atoms with van der Waals surface area (Å²) in [5, 5.41) is 0. The molecule has 2 rings (SSSR count). The van der Waals surface area contributed by atoms with Crippen LogP contribution < -0.4 is 5.73 Å². The number of hydrogen-bond acceptors (Lipinski definition) is 1. The topological polar surface area (TPSA) is 26.0 Å². The molecule has 0 aliphatic carbocycles. The van der Waals surface area contributed by atoms with Crippen molar-refractivity contribution in [3.63, 3.8) is 0 Å². The summed E-state index contributed by atoms with van der Waals surface area (Å²) >= 11 is 0. The monoisotopic (exact) mass is 285 g/mol. The number of rotatable bonds is 3. The number of nitrogens with two attached hydrogens (primary N) is 1. The zero-order chi connectivity index (χ0) is 15.6. The van der Waals surface area contributed by atoms with Gasteiger partial charge in [0, 0.05) is 6.04 Å². The highest BCUT2D eigenvalue weighted by atomic mass is 19.1. The molecule has 2 aromatic rings. The van der Waals surface area contributed by atoms with Crippen LogP contribution in [0, 0.1) is 12.7 Å². The van der Waals surface area contributed by atoms with E-state index in [-0.39, 0.29) is 17.3 Å². The molecule has 0 heterocycles. The van der Waals surface area contributed by atoms with Crippen LogP contribution in [0.25, 0.3) is 0 Å². The number of benzene rings is 2. The molecule has 1 nitrogen and oxygen atoms in total. The fourth-order valence-electron chi connectivity index (χ4n) is 2.49. The predicted octanol–water partition coefficient (Wildman–Crippen LogP) is 4.67. The summed E-state index contributed by atoms with van der Waals surface area (Å²) in [5.41, 5.74) is 10.6. The van der Waals surface area contributed by atoms with E-state index in [2.05, 4.69) is 45.0 Å². The highest BCUT2D eigenvalue weighted by molar-refractivity contribution is 5.31. The molecule has 0 spiro atoms. The van der Waals surface area contributed by atoms with E-state index in [1.807, 2.05) is 13.0 Å². The van der Waals surface area contributed by atoms with Gasteiger partial charge in [-0.3, -0.25) is 0 Å². The molecular formula is C19H24FN. The van der Waals surface area contributed by atoms with Gasteiger partial charge in [-0.1, -0.05) is 51.1 Å². The Balaban J connectivity index is 2.14. The number of aryl methyl sites for hydroxylation is 1. The van der Waals surface area contributed by atoms with Gasteiger partial charge in [-0.25, -0.2) is 4.39 Å². The quantitative estimate of drug-likeness (QED) is 0.871. The minimum Gasteiger partial charge on any atom is -0.324 e. The van der Waals surface area contributed by atoms with E-state index < -0.39 is 0 Å². The van der Waals surface area contributed by atoms with E-state index in [9.17, 15) is 4.39 Å². The lowest BCUT2D eigenvalue weighted by atomic mass is 9.86. The highest BCUT2D eigenvalue weighted by Crippen LogP contribution is 2.24. The first-order valence-electron chi connectivity index (χ1n) is 7.38. The van der Waals surface area contributed by atoms with Crippen LogP contribution in [0.15, 0.2) is 42.5 Å². The molecule has 2 heteroatoms. The first-order chi connectivity index (χ1) is 9.75. The van der Waals surface area contributed by atoms with Gasteiger partial charge in [-0.05, 0) is 53.1 Å². The van der Waals surface area contributed by atoms with Crippen molar-refractivity contribution in [2.75, 3.05) is 0 Å². The Kier molecular flexibility index (Phi) is 4.48. The Hall–Kier alpha value is -1.67. The molecule has 0 bridgehead atoms. The van der Waals surface area contributed by atoms with Crippen molar-refractivity contribution in [2.24, 2.45) is 5.73 Å². The lowest BCUT2D eigenvalue weighted by molar-refractivity contribution is 0.589. The Morgan fingerprint density at radius 2 is 1.67 bits per heavy atom. The Labute approximate surface area is 127 Å². The second-order valence-corrected chi connectivity index (χ2v) is 6.82. The van der Waals surface area contributed by atoms with E-state index >= 15 is 0 Å². The van der Waals surface area contributed by atoms with Crippen LogP contribution in [0.2, 0.25) is 0 Å². The maximum absolute atomic E-state index is 13.5. The molecule has 1 unspecified atom stereocenters. The van der Waals surface area contributed by atoms with Gasteiger partial charge in [0.2, 0.25) is 0 Å². The third kappa shape index (κ3) is 4.15. The highest BCUT2D eigenvalue weighted by Gasteiger charge is 2.14. The maximum atomic E-state index is 13.5. The smallest absolute Gasteiger partial charge is 0.123 e. The van der Waals surface area contributed by atoms with Crippen molar-refractivity contribution in [3.05, 3.63) is 70.5 Å². The SMILES string of the molecule is Cc1cc(F)cc(C(N)Cc2ccc(C(C)(C)C)cc2)c1. The van der Waals surface area contributed by atoms with E-state index in [1.165, 1.54) is 23.3 Å². The van der Waals surface area contributed by atoms with Crippen LogP contribution in [0.1, 0.15) is 49.1 Å². The third-order valence-corrected chi connectivity index (χ3v) is 3.77. The average Bonchev–Trinajstić information content (AvgIpc) is 2.37. The number of halogens is 1. The van der Waals surface area contributed by atoms with Gasteiger partial charge in [-0.2, -0.15) is 0 Å². The fraction of sp³-hybridized carbons (Fsp3) is 0.368. The van der Waals surface area contributed by atoms with Gasteiger partial charge in [0.25, 0.3) is 0 Å². The summed E-state index contributed by atoms with van der Waals surface area (Å²) in [6, 6.07) is 13.4. The van der Waals surface area contributed by atoms with Gasteiger partial charge in [-0.15, -0.1) is 0 Å². The van der Waals surface area contributed by atoms with Crippen molar-refractivity contribution in [3.8, 4) is 0 Å². The molecule has 0 aliphatic rings. The minimum absolute atomic E-state index is 0.153. The van der Waals surface area contributed by atoms with E-state index in [4.69, 9.17) is 5.73 Å². The molecule has 0 amide bonds. The largest absolute Gasteiger partial charge is 0.324 e. The normalized spacial score (nSPS) is 13.2. The van der Waals surface area contributed by atoms with Crippen LogP contribution in [0.3, 0.4) is 0 Å². The summed E-state index contributed by atoms with van der Waals surface area (Å²) in [7, 11) is 0. The maximum Gasteiger partial charge on any atom is 0.123 e. The molecule has 0 aliphatic heterocycles. The van der Waals surface area contributed by atoms with Gasteiger partial charge in [0.15, 0.2) is 0 Å². The lowest BCUT2D eigenvalue weighted by Crippen LogP contribution is -2.14. The molecule has 0 aromatic heterocycles. The summed E-state index contributed by atoms with van der Waals surface area (Å²) in [6.07, 6.45) is 0.716. The summed E-state index contributed by atoms with van der Waals surface area (Å²) in [6.45, 7) is 8.48. The fourth-order valence-corrected chi connectivity index (χ4v) is 2.49. The number of hydrogen-bond donors (Lipinski definition) is 1. The van der Waals surface area contributed by atoms with E-state index in [1.54, 1.807) is 0 Å². The van der Waals surface area contributed by atoms with Crippen molar-refractivity contribution >= 4 is 0 Å². The molecule has 0 fully saturated rings. The standard InChI is InChI=1S/C19H24FN/c1-13-9-15(12-17(20)10-13)18(21)11-14-5-7-16(8-6-14)19(2,3)4/h5-10,12,18H,11,21H2,1-4H3. The Morgan fingerprint density at radius 1 is 1.05 bits per heavy atom. The minimum atomic E-state index is -0.219. The first-order valence-corrected chi connectivity index (χ1v) is 7.38. The molecule has 112 valence electrons. The lowest BCUT2D eigenvalue weighted by Gasteiger charge is -2.20. The predicted molar refractivity (Wildman–Crippen MR) is 86.9 cm³/mol. The molecule has 2 N–H and O–H groups in total. The van der Waals surface area contributed by atoms with Crippen molar-refractivity contribution in [1.29, 1.82) is 0 Å². The van der Waals surface area contributed by atoms with Crippen molar-refractivity contribution < 1.29 is 4.39 Å². The average molecular weight is 285 g/mol. The van der Waals surface area contributed by atoms with Crippen LogP contribution in [0.5, 0.6) is 0 Å². The second kappa shape index (κ2) is 5.98. The first kappa shape index (κ1) is 15.7. The van der Waals surface area contributed by atoms with Crippen molar-refractivity contribution in [1.82, 2.24) is 0 Å². The summed E-state index contributed by atoms with van der Waals surface area (Å²) < 4.78 is 13.5. The van der Waals surface area contributed by atoms with Crippen LogP contribution >= 0.6 is 0 Å². The zero-order valence-electron chi connectivity index (χ0n) is 13.3. The second-order valence-electron chi connectivity index (χ2n) is 6.82. The van der Waals surface area contributed by atoms with E-state index in [0.717, 1.165) is 11.1 Å². The molecule has 0 saturated heterocycles. The molecule has 2 aromatic carbocycles. The third-order valence-electron chi connectivity index (χ3n) is 3.77.